The second-order valence-corrected chi connectivity index (χ2v) is 7.19. The summed E-state index contributed by atoms with van der Waals surface area (Å²) in [4.78, 5) is 13.4. The minimum absolute atomic E-state index is 0.116. The molecule has 4 aromatic rings. The van der Waals surface area contributed by atoms with Crippen LogP contribution in [0.3, 0.4) is 0 Å². The van der Waals surface area contributed by atoms with Crippen molar-refractivity contribution in [3.63, 3.8) is 0 Å². The molecule has 30 heavy (non-hydrogen) atoms. The maximum absolute atomic E-state index is 13.4. The predicted octanol–water partition coefficient (Wildman–Crippen LogP) is 5.80. The van der Waals surface area contributed by atoms with Gasteiger partial charge >= 0.3 is 0 Å². The average Bonchev–Trinajstić information content (AvgIpc) is 2.75. The van der Waals surface area contributed by atoms with Gasteiger partial charge in [-0.2, -0.15) is 0 Å². The summed E-state index contributed by atoms with van der Waals surface area (Å²) in [6.07, 6.45) is 0. The molecule has 0 saturated carbocycles. The molecule has 0 bridgehead atoms. The molecule has 0 spiro atoms. The standard InChI is InChI=1S/C25H21FO4/c1-15-12-16(2)23-21(13-15)22(27)25(29-14-17-4-8-19(26)9-5-17)24(30-23)18-6-10-20(28-3)11-7-18/h4-13H,14H2,1-3H3. The van der Waals surface area contributed by atoms with Crippen molar-refractivity contribution in [2.24, 2.45) is 0 Å². The van der Waals surface area contributed by atoms with E-state index in [0.717, 1.165) is 16.7 Å². The second-order valence-electron chi connectivity index (χ2n) is 7.19. The minimum atomic E-state index is -0.325. The number of benzene rings is 3. The number of rotatable bonds is 5. The molecule has 1 aromatic heterocycles. The van der Waals surface area contributed by atoms with E-state index in [1.807, 2.05) is 32.0 Å². The number of halogens is 1. The summed E-state index contributed by atoms with van der Waals surface area (Å²) in [6, 6.07) is 17.0. The van der Waals surface area contributed by atoms with E-state index in [9.17, 15) is 9.18 Å². The normalized spacial score (nSPS) is 10.9. The van der Waals surface area contributed by atoms with E-state index in [4.69, 9.17) is 13.9 Å². The zero-order chi connectivity index (χ0) is 21.3. The molecule has 0 saturated heterocycles. The van der Waals surface area contributed by atoms with Crippen molar-refractivity contribution in [1.29, 1.82) is 0 Å². The van der Waals surface area contributed by atoms with Crippen molar-refractivity contribution in [3.8, 4) is 22.8 Å². The molecule has 0 amide bonds. The number of hydrogen-bond acceptors (Lipinski definition) is 4. The molecule has 0 N–H and O–H groups in total. The molecular weight excluding hydrogens is 383 g/mol. The first-order chi connectivity index (χ1) is 14.5. The van der Waals surface area contributed by atoms with Crippen molar-refractivity contribution in [3.05, 3.63) is 93.4 Å². The van der Waals surface area contributed by atoms with Crippen LogP contribution in [0, 0.1) is 19.7 Å². The van der Waals surface area contributed by atoms with E-state index in [-0.39, 0.29) is 23.6 Å². The van der Waals surface area contributed by atoms with Crippen molar-refractivity contribution in [2.75, 3.05) is 7.11 Å². The topological polar surface area (TPSA) is 48.7 Å². The van der Waals surface area contributed by atoms with Crippen LogP contribution < -0.4 is 14.9 Å². The highest BCUT2D eigenvalue weighted by atomic mass is 19.1. The Bertz CT molecular complexity index is 1260. The smallest absolute Gasteiger partial charge is 0.235 e. The van der Waals surface area contributed by atoms with Crippen molar-refractivity contribution in [2.45, 2.75) is 20.5 Å². The Labute approximate surface area is 173 Å². The molecule has 0 unspecified atom stereocenters. The largest absolute Gasteiger partial charge is 0.497 e. The summed E-state index contributed by atoms with van der Waals surface area (Å²) in [7, 11) is 1.59. The average molecular weight is 404 g/mol. The van der Waals surface area contributed by atoms with Crippen LogP contribution in [0.15, 0.2) is 69.9 Å². The Morgan fingerprint density at radius 3 is 2.33 bits per heavy atom. The van der Waals surface area contributed by atoms with Crippen molar-refractivity contribution in [1.82, 2.24) is 0 Å². The predicted molar refractivity (Wildman–Crippen MR) is 115 cm³/mol. The molecule has 1 heterocycles. The number of hydrogen-bond donors (Lipinski definition) is 0. The monoisotopic (exact) mass is 404 g/mol. The first kappa shape index (κ1) is 19.7. The highest BCUT2D eigenvalue weighted by molar-refractivity contribution is 5.85. The first-order valence-corrected chi connectivity index (χ1v) is 9.56. The molecular formula is C25H21FO4. The minimum Gasteiger partial charge on any atom is -0.497 e. The molecule has 152 valence electrons. The molecule has 5 heteroatoms. The van der Waals surface area contributed by atoms with Gasteiger partial charge in [-0.25, -0.2) is 4.39 Å². The van der Waals surface area contributed by atoms with Gasteiger partial charge < -0.3 is 13.9 Å². The van der Waals surface area contributed by atoms with Crippen LogP contribution in [0.4, 0.5) is 4.39 Å². The van der Waals surface area contributed by atoms with Gasteiger partial charge in [0.05, 0.1) is 12.5 Å². The third-order valence-corrected chi connectivity index (χ3v) is 4.93. The van der Waals surface area contributed by atoms with Gasteiger partial charge in [0.15, 0.2) is 5.76 Å². The SMILES string of the molecule is COc1ccc(-c2oc3c(C)cc(C)cc3c(=O)c2OCc2ccc(F)cc2)cc1. The van der Waals surface area contributed by atoms with Gasteiger partial charge in [0, 0.05) is 5.56 Å². The van der Waals surface area contributed by atoms with Crippen molar-refractivity contribution >= 4 is 11.0 Å². The fourth-order valence-electron chi connectivity index (χ4n) is 3.43. The van der Waals surface area contributed by atoms with Gasteiger partial charge in [0.1, 0.15) is 23.8 Å². The Morgan fingerprint density at radius 2 is 1.67 bits per heavy atom. The van der Waals surface area contributed by atoms with Gasteiger partial charge in [-0.1, -0.05) is 18.2 Å². The number of ether oxygens (including phenoxy) is 2. The maximum atomic E-state index is 13.4. The first-order valence-electron chi connectivity index (χ1n) is 9.56. The number of methoxy groups -OCH3 is 1. The molecule has 0 aliphatic rings. The molecule has 0 aliphatic carbocycles. The summed E-state index contributed by atoms with van der Waals surface area (Å²) in [5, 5.41) is 0.471. The van der Waals surface area contributed by atoms with E-state index in [2.05, 4.69) is 0 Å². The lowest BCUT2D eigenvalue weighted by atomic mass is 10.1. The fourth-order valence-corrected chi connectivity index (χ4v) is 3.43. The van der Waals surface area contributed by atoms with Crippen molar-refractivity contribution < 1.29 is 18.3 Å². The lowest BCUT2D eigenvalue weighted by molar-refractivity contribution is 0.297. The summed E-state index contributed by atoms with van der Waals surface area (Å²) < 4.78 is 30.6. The summed E-state index contributed by atoms with van der Waals surface area (Å²) in [5.41, 5.74) is 3.58. The van der Waals surface area contributed by atoms with Crippen LogP contribution in [-0.4, -0.2) is 7.11 Å². The molecule has 0 atom stereocenters. The third kappa shape index (κ3) is 3.79. The Morgan fingerprint density at radius 1 is 0.967 bits per heavy atom. The lowest BCUT2D eigenvalue weighted by Crippen LogP contribution is -2.11. The Kier molecular flexibility index (Phi) is 5.27. The van der Waals surface area contributed by atoms with E-state index >= 15 is 0 Å². The number of fused-ring (bicyclic) bond motifs is 1. The molecule has 4 rings (SSSR count). The maximum Gasteiger partial charge on any atom is 0.235 e. The second kappa shape index (κ2) is 8.03. The van der Waals surface area contributed by atoms with Gasteiger partial charge in [0.2, 0.25) is 11.2 Å². The van der Waals surface area contributed by atoms with Gasteiger partial charge in [-0.15, -0.1) is 0 Å². The molecule has 0 fully saturated rings. The number of aryl methyl sites for hydroxylation is 2. The van der Waals surface area contributed by atoms with Crippen LogP contribution in [0.5, 0.6) is 11.5 Å². The van der Waals surface area contributed by atoms with Gasteiger partial charge in [-0.3, -0.25) is 4.79 Å². The quantitative estimate of drug-likeness (QED) is 0.422. The van der Waals surface area contributed by atoms with Crippen LogP contribution in [-0.2, 0) is 6.61 Å². The van der Waals surface area contributed by atoms with E-state index < -0.39 is 0 Å². The van der Waals surface area contributed by atoms with Crippen LogP contribution >= 0.6 is 0 Å². The Balaban J connectivity index is 1.86. The zero-order valence-corrected chi connectivity index (χ0v) is 17.0. The van der Waals surface area contributed by atoms with Gasteiger partial charge in [-0.05, 0) is 73.0 Å². The van der Waals surface area contributed by atoms with Crippen LogP contribution in [0.25, 0.3) is 22.3 Å². The zero-order valence-electron chi connectivity index (χ0n) is 17.0. The van der Waals surface area contributed by atoms with E-state index in [1.54, 1.807) is 37.4 Å². The van der Waals surface area contributed by atoms with E-state index in [1.165, 1.54) is 12.1 Å². The van der Waals surface area contributed by atoms with Crippen LogP contribution in [0.2, 0.25) is 0 Å². The lowest BCUT2D eigenvalue weighted by Gasteiger charge is -2.13. The summed E-state index contributed by atoms with van der Waals surface area (Å²) in [5.74, 6) is 0.850. The molecule has 3 aromatic carbocycles. The summed E-state index contributed by atoms with van der Waals surface area (Å²) in [6.45, 7) is 3.96. The molecule has 4 nitrogen and oxygen atoms in total. The Hall–Kier alpha value is -3.60. The third-order valence-electron chi connectivity index (χ3n) is 4.93. The van der Waals surface area contributed by atoms with Crippen LogP contribution in [0.1, 0.15) is 16.7 Å². The van der Waals surface area contributed by atoms with E-state index in [0.29, 0.717) is 28.0 Å². The highest BCUT2D eigenvalue weighted by Crippen LogP contribution is 2.33. The molecule has 0 aliphatic heterocycles. The van der Waals surface area contributed by atoms with Gasteiger partial charge in [0.25, 0.3) is 0 Å². The fraction of sp³-hybridized carbons (Fsp3) is 0.160. The highest BCUT2D eigenvalue weighted by Gasteiger charge is 2.19. The molecule has 0 radical (unpaired) electrons. The summed E-state index contributed by atoms with van der Waals surface area (Å²) >= 11 is 0.